The summed E-state index contributed by atoms with van der Waals surface area (Å²) in [6.45, 7) is 0. The predicted molar refractivity (Wildman–Crippen MR) is 128 cm³/mol. The van der Waals surface area contributed by atoms with Crippen LogP contribution < -0.4 is 0 Å². The number of ether oxygens (including phenoxy) is 2. The standard InChI is InChI=1S/C25H21N3O7S/c1-34-23(30)18-20(14-4-8-16(9-5-14)28(32)33)25(12-26,13-27)21(19(22(18)29)24(31)35-2)15-6-10-17(36-3)11-7-15/h4-11,18,20-21,29H,1-3H3/t18-,20+,21-/m1/s1. The third-order valence-corrected chi connectivity index (χ3v) is 7.02. The Morgan fingerprint density at radius 1 is 1.03 bits per heavy atom. The molecule has 0 amide bonds. The van der Waals surface area contributed by atoms with Crippen molar-refractivity contribution in [1.29, 1.82) is 10.5 Å². The molecule has 3 atom stereocenters. The first kappa shape index (κ1) is 26.3. The normalized spacial score (nSPS) is 20.5. The number of nitro benzene ring substituents is 1. The number of carbonyl (C=O) groups excluding carboxylic acids is 2. The number of aliphatic hydroxyl groups is 1. The molecule has 1 aliphatic carbocycles. The van der Waals surface area contributed by atoms with Gasteiger partial charge in [0.15, 0.2) is 5.41 Å². The molecule has 11 heteroatoms. The van der Waals surface area contributed by atoms with Gasteiger partial charge in [-0.1, -0.05) is 24.3 Å². The lowest BCUT2D eigenvalue weighted by molar-refractivity contribution is -0.384. The molecule has 0 saturated carbocycles. The largest absolute Gasteiger partial charge is 0.511 e. The maximum atomic E-state index is 12.9. The fourth-order valence-corrected chi connectivity index (χ4v) is 5.04. The fourth-order valence-electron chi connectivity index (χ4n) is 4.63. The van der Waals surface area contributed by atoms with Crippen LogP contribution in [-0.2, 0) is 19.1 Å². The van der Waals surface area contributed by atoms with Gasteiger partial charge in [-0.2, -0.15) is 10.5 Å². The second kappa shape index (κ2) is 10.5. The van der Waals surface area contributed by atoms with E-state index in [9.17, 15) is 35.3 Å². The fraction of sp³-hybridized carbons (Fsp3) is 0.280. The number of methoxy groups -OCH3 is 2. The maximum absolute atomic E-state index is 12.9. The molecule has 184 valence electrons. The molecule has 36 heavy (non-hydrogen) atoms. The summed E-state index contributed by atoms with van der Waals surface area (Å²) in [7, 11) is 2.14. The smallest absolute Gasteiger partial charge is 0.337 e. The maximum Gasteiger partial charge on any atom is 0.337 e. The van der Waals surface area contributed by atoms with E-state index in [2.05, 4.69) is 0 Å². The highest BCUT2D eigenvalue weighted by molar-refractivity contribution is 7.98. The summed E-state index contributed by atoms with van der Waals surface area (Å²) in [5, 5.41) is 43.4. The highest BCUT2D eigenvalue weighted by atomic mass is 32.2. The van der Waals surface area contributed by atoms with Gasteiger partial charge in [0.05, 0.1) is 42.8 Å². The van der Waals surface area contributed by atoms with Crippen LogP contribution in [0.1, 0.15) is 23.0 Å². The molecule has 0 spiro atoms. The zero-order chi connectivity index (χ0) is 26.6. The number of nitrogens with zero attached hydrogens (tertiary/aromatic N) is 3. The Labute approximate surface area is 210 Å². The summed E-state index contributed by atoms with van der Waals surface area (Å²) >= 11 is 1.46. The Morgan fingerprint density at radius 3 is 2.03 bits per heavy atom. The second-order valence-corrected chi connectivity index (χ2v) is 8.80. The zero-order valence-electron chi connectivity index (χ0n) is 19.5. The predicted octanol–water partition coefficient (Wildman–Crippen LogP) is 4.01. The summed E-state index contributed by atoms with van der Waals surface area (Å²) in [5.41, 5.74) is -2.22. The van der Waals surface area contributed by atoms with Crippen LogP contribution >= 0.6 is 11.8 Å². The van der Waals surface area contributed by atoms with E-state index in [0.29, 0.717) is 5.56 Å². The number of nitro groups is 1. The lowest BCUT2D eigenvalue weighted by Crippen LogP contribution is -2.47. The van der Waals surface area contributed by atoms with Crippen molar-refractivity contribution < 1.29 is 29.1 Å². The van der Waals surface area contributed by atoms with Crippen LogP contribution in [0.25, 0.3) is 0 Å². The van der Waals surface area contributed by atoms with Crippen molar-refractivity contribution in [3.63, 3.8) is 0 Å². The molecule has 0 fully saturated rings. The first-order valence-corrected chi connectivity index (χ1v) is 11.7. The van der Waals surface area contributed by atoms with Gasteiger partial charge in [0.2, 0.25) is 0 Å². The van der Waals surface area contributed by atoms with Crippen LogP contribution in [0, 0.1) is 44.1 Å². The number of non-ortho nitro benzene ring substituents is 1. The Kier molecular flexibility index (Phi) is 7.66. The van der Waals surface area contributed by atoms with E-state index in [4.69, 9.17) is 9.47 Å². The van der Waals surface area contributed by atoms with Crippen molar-refractivity contribution in [3.8, 4) is 12.1 Å². The monoisotopic (exact) mass is 507 g/mol. The van der Waals surface area contributed by atoms with E-state index in [1.807, 2.05) is 18.4 Å². The molecule has 1 N–H and O–H groups in total. The number of hydrogen-bond donors (Lipinski definition) is 1. The summed E-state index contributed by atoms with van der Waals surface area (Å²) in [5.74, 6) is -7.01. The van der Waals surface area contributed by atoms with Crippen LogP contribution in [0.15, 0.2) is 64.8 Å². The number of thioether (sulfide) groups is 1. The van der Waals surface area contributed by atoms with Crippen molar-refractivity contribution in [2.24, 2.45) is 11.3 Å². The van der Waals surface area contributed by atoms with Crippen molar-refractivity contribution in [1.82, 2.24) is 0 Å². The quantitative estimate of drug-likeness (QED) is 0.261. The number of aliphatic hydroxyl groups excluding tert-OH is 1. The van der Waals surface area contributed by atoms with Crippen LogP contribution in [-0.4, -0.2) is 42.4 Å². The molecular weight excluding hydrogens is 486 g/mol. The van der Waals surface area contributed by atoms with Crippen LogP contribution in [0.3, 0.4) is 0 Å². The Bertz CT molecular complexity index is 1290. The molecule has 0 unspecified atom stereocenters. The van der Waals surface area contributed by atoms with Gasteiger partial charge in [0, 0.05) is 22.9 Å². The molecule has 10 nitrogen and oxygen atoms in total. The van der Waals surface area contributed by atoms with Crippen LogP contribution in [0.5, 0.6) is 0 Å². The average Bonchev–Trinajstić information content (AvgIpc) is 2.91. The Morgan fingerprint density at radius 2 is 1.58 bits per heavy atom. The third kappa shape index (κ3) is 4.25. The highest BCUT2D eigenvalue weighted by Gasteiger charge is 2.61. The lowest BCUT2D eigenvalue weighted by Gasteiger charge is -2.44. The average molecular weight is 508 g/mol. The summed E-state index contributed by atoms with van der Waals surface area (Å²) in [6.07, 6.45) is 1.86. The molecule has 0 bridgehead atoms. The van der Waals surface area contributed by atoms with E-state index in [1.54, 1.807) is 24.3 Å². The SMILES string of the molecule is COC(=O)C1=C(O)[C@H](C(=O)OC)[C@H](c2ccc([N+](=O)[O-])cc2)C(C#N)(C#N)[C@@H]1c1ccc(SC)cc1. The molecule has 0 heterocycles. The molecule has 0 aliphatic heterocycles. The molecule has 0 saturated heterocycles. The lowest BCUT2D eigenvalue weighted by atomic mass is 9.54. The van der Waals surface area contributed by atoms with Crippen molar-refractivity contribution in [2.45, 2.75) is 16.7 Å². The van der Waals surface area contributed by atoms with E-state index >= 15 is 0 Å². The van der Waals surface area contributed by atoms with Gasteiger partial charge >= 0.3 is 11.9 Å². The molecule has 3 rings (SSSR count). The van der Waals surface area contributed by atoms with Gasteiger partial charge in [-0.3, -0.25) is 14.9 Å². The number of hydrogen-bond acceptors (Lipinski definition) is 10. The van der Waals surface area contributed by atoms with E-state index in [-0.39, 0.29) is 11.3 Å². The van der Waals surface area contributed by atoms with Gasteiger partial charge in [0.25, 0.3) is 5.69 Å². The number of benzene rings is 2. The molecule has 2 aromatic rings. The topological polar surface area (TPSA) is 164 Å². The van der Waals surface area contributed by atoms with Gasteiger partial charge in [-0.15, -0.1) is 11.8 Å². The van der Waals surface area contributed by atoms with E-state index < -0.39 is 51.4 Å². The van der Waals surface area contributed by atoms with E-state index in [0.717, 1.165) is 19.1 Å². The van der Waals surface area contributed by atoms with Crippen LogP contribution in [0.2, 0.25) is 0 Å². The highest BCUT2D eigenvalue weighted by Crippen LogP contribution is 2.59. The van der Waals surface area contributed by atoms with E-state index in [1.165, 1.54) is 36.0 Å². The third-order valence-electron chi connectivity index (χ3n) is 6.28. The first-order chi connectivity index (χ1) is 17.2. The van der Waals surface area contributed by atoms with Gasteiger partial charge < -0.3 is 14.6 Å². The summed E-state index contributed by atoms with van der Waals surface area (Å²) in [4.78, 5) is 37.3. The van der Waals surface area contributed by atoms with Crippen molar-refractivity contribution in [2.75, 3.05) is 20.5 Å². The summed E-state index contributed by atoms with van der Waals surface area (Å²) < 4.78 is 9.75. The van der Waals surface area contributed by atoms with Gasteiger partial charge in [-0.05, 0) is 29.5 Å². The molecule has 0 aromatic heterocycles. The minimum atomic E-state index is -2.12. The summed E-state index contributed by atoms with van der Waals surface area (Å²) in [6, 6.07) is 15.7. The van der Waals surface area contributed by atoms with Crippen molar-refractivity contribution in [3.05, 3.63) is 81.1 Å². The minimum Gasteiger partial charge on any atom is -0.511 e. The first-order valence-electron chi connectivity index (χ1n) is 10.5. The molecule has 0 radical (unpaired) electrons. The van der Waals surface area contributed by atoms with Gasteiger partial charge in [0.1, 0.15) is 11.7 Å². The number of carbonyl (C=O) groups is 2. The number of esters is 2. The zero-order valence-corrected chi connectivity index (χ0v) is 20.3. The Hall–Kier alpha value is -4.35. The molecule has 2 aromatic carbocycles. The second-order valence-electron chi connectivity index (χ2n) is 7.92. The van der Waals surface area contributed by atoms with Crippen LogP contribution in [0.4, 0.5) is 5.69 Å². The molecular formula is C25H21N3O7S. The van der Waals surface area contributed by atoms with Gasteiger partial charge in [-0.25, -0.2) is 4.79 Å². The molecule has 1 aliphatic rings. The number of rotatable bonds is 6. The number of nitriles is 2. The minimum absolute atomic E-state index is 0.195. The van der Waals surface area contributed by atoms with Crippen molar-refractivity contribution >= 4 is 29.4 Å². The Balaban J connectivity index is 2.44.